The normalized spacial score (nSPS) is 15.6. The van der Waals surface area contributed by atoms with Gasteiger partial charge < -0.3 is 18.9 Å². The van der Waals surface area contributed by atoms with Gasteiger partial charge in [-0.1, -0.05) is 17.4 Å². The van der Waals surface area contributed by atoms with Crippen LogP contribution >= 0.6 is 22.7 Å². The summed E-state index contributed by atoms with van der Waals surface area (Å²) in [6, 6.07) is 6.74. The number of ether oxygens (including phenoxy) is 4. The first kappa shape index (κ1) is 24.7. The SMILES string of the molecule is COc1cc(C=c2sc3n(c2=O)C(c2cccs2)C(C(=O)OC(C)C)=C(C)N=3)cc(OC)c1OC. The van der Waals surface area contributed by atoms with E-state index in [4.69, 9.17) is 18.9 Å². The average molecular weight is 515 g/mol. The maximum absolute atomic E-state index is 13.7. The highest BCUT2D eigenvalue weighted by molar-refractivity contribution is 7.10. The number of hydrogen-bond acceptors (Lipinski definition) is 9. The first-order chi connectivity index (χ1) is 16.8. The smallest absolute Gasteiger partial charge is 0.338 e. The number of thiazole rings is 1. The standard InChI is InChI=1S/C25H26N2O6S2/c1-13(2)33-24(29)20-14(3)26-25-27(21(20)18-8-7-9-34-18)23(28)19(35-25)12-15-10-16(30-4)22(32-6)17(11-15)31-5/h7-13,21H,1-6H3. The number of thiophene rings is 1. The Morgan fingerprint density at radius 3 is 2.37 bits per heavy atom. The zero-order valence-corrected chi connectivity index (χ0v) is 21.9. The number of carbonyl (C=O) groups excluding carboxylic acids is 1. The van der Waals surface area contributed by atoms with Crippen LogP contribution in [0.4, 0.5) is 0 Å². The minimum absolute atomic E-state index is 0.247. The van der Waals surface area contributed by atoms with Crippen LogP contribution in [0.2, 0.25) is 0 Å². The lowest BCUT2D eigenvalue weighted by Crippen LogP contribution is -2.39. The van der Waals surface area contributed by atoms with Gasteiger partial charge in [0.25, 0.3) is 5.56 Å². The lowest BCUT2D eigenvalue weighted by Gasteiger charge is -2.24. The number of carbonyl (C=O) groups is 1. The van der Waals surface area contributed by atoms with E-state index in [2.05, 4.69) is 4.99 Å². The Morgan fingerprint density at radius 2 is 1.83 bits per heavy atom. The third-order valence-corrected chi connectivity index (χ3v) is 7.29. The van der Waals surface area contributed by atoms with Crippen LogP contribution in [0.25, 0.3) is 6.08 Å². The molecule has 1 unspecified atom stereocenters. The van der Waals surface area contributed by atoms with Gasteiger partial charge in [-0.2, -0.15) is 0 Å². The van der Waals surface area contributed by atoms with E-state index in [-0.39, 0.29) is 11.7 Å². The quantitative estimate of drug-likeness (QED) is 0.450. The minimum Gasteiger partial charge on any atom is -0.493 e. The number of aromatic nitrogens is 1. The van der Waals surface area contributed by atoms with E-state index in [1.165, 1.54) is 44.0 Å². The minimum atomic E-state index is -0.611. The molecule has 0 spiro atoms. The molecule has 0 saturated carbocycles. The second kappa shape index (κ2) is 10.1. The molecular weight excluding hydrogens is 488 g/mol. The van der Waals surface area contributed by atoms with Crippen molar-refractivity contribution in [2.75, 3.05) is 21.3 Å². The van der Waals surface area contributed by atoms with Gasteiger partial charge in [0.15, 0.2) is 16.3 Å². The number of rotatable bonds is 7. The number of esters is 1. The van der Waals surface area contributed by atoms with Gasteiger partial charge in [0.1, 0.15) is 6.04 Å². The third kappa shape index (κ3) is 4.63. The first-order valence-corrected chi connectivity index (χ1v) is 12.6. The number of hydrogen-bond donors (Lipinski definition) is 0. The van der Waals surface area contributed by atoms with E-state index in [0.717, 1.165) is 4.88 Å². The number of methoxy groups -OCH3 is 3. The van der Waals surface area contributed by atoms with Crippen LogP contribution in [0.15, 0.2) is 50.7 Å². The van der Waals surface area contributed by atoms with Crippen molar-refractivity contribution in [3.8, 4) is 17.2 Å². The monoisotopic (exact) mass is 514 g/mol. The van der Waals surface area contributed by atoms with Crippen LogP contribution in [0.3, 0.4) is 0 Å². The van der Waals surface area contributed by atoms with Gasteiger partial charge in [-0.3, -0.25) is 9.36 Å². The molecule has 10 heteroatoms. The Kier molecular flexibility index (Phi) is 7.13. The fourth-order valence-corrected chi connectivity index (χ4v) is 5.78. The summed E-state index contributed by atoms with van der Waals surface area (Å²) in [5.74, 6) is 0.961. The molecule has 8 nitrogen and oxygen atoms in total. The van der Waals surface area contributed by atoms with Gasteiger partial charge in [0, 0.05) is 4.88 Å². The molecular formula is C25H26N2O6S2. The summed E-state index contributed by atoms with van der Waals surface area (Å²) in [7, 11) is 4.61. The van der Waals surface area contributed by atoms with Crippen molar-refractivity contribution in [2.45, 2.75) is 32.9 Å². The molecule has 184 valence electrons. The van der Waals surface area contributed by atoms with Crippen molar-refractivity contribution in [1.29, 1.82) is 0 Å². The summed E-state index contributed by atoms with van der Waals surface area (Å²) in [6.45, 7) is 5.36. The fourth-order valence-electron chi connectivity index (χ4n) is 3.91. The van der Waals surface area contributed by atoms with Crippen molar-refractivity contribution in [1.82, 2.24) is 4.57 Å². The fraction of sp³-hybridized carbons (Fsp3) is 0.320. The number of benzene rings is 1. The molecule has 3 heterocycles. The van der Waals surface area contributed by atoms with Crippen LogP contribution in [-0.4, -0.2) is 38.0 Å². The van der Waals surface area contributed by atoms with Crippen LogP contribution in [0.1, 0.15) is 37.3 Å². The summed E-state index contributed by atoms with van der Waals surface area (Å²) in [6.07, 6.45) is 1.46. The maximum atomic E-state index is 13.7. The zero-order valence-electron chi connectivity index (χ0n) is 20.3. The molecule has 0 radical (unpaired) electrons. The molecule has 0 fully saturated rings. The Morgan fingerprint density at radius 1 is 1.14 bits per heavy atom. The molecule has 4 rings (SSSR count). The highest BCUT2D eigenvalue weighted by Crippen LogP contribution is 2.38. The molecule has 1 aliphatic rings. The molecule has 1 aromatic carbocycles. The van der Waals surface area contributed by atoms with E-state index in [1.807, 2.05) is 17.5 Å². The molecule has 0 N–H and O–H groups in total. The largest absolute Gasteiger partial charge is 0.493 e. The Hall–Kier alpha value is -3.37. The molecule has 0 bridgehead atoms. The zero-order chi connectivity index (χ0) is 25.3. The Balaban J connectivity index is 1.91. The van der Waals surface area contributed by atoms with E-state index in [1.54, 1.807) is 43.5 Å². The Labute approximate surface area is 210 Å². The Bertz CT molecular complexity index is 1440. The third-order valence-electron chi connectivity index (χ3n) is 5.38. The van der Waals surface area contributed by atoms with Crippen LogP contribution in [0.5, 0.6) is 17.2 Å². The maximum Gasteiger partial charge on any atom is 0.338 e. The first-order valence-electron chi connectivity index (χ1n) is 10.9. The molecule has 35 heavy (non-hydrogen) atoms. The summed E-state index contributed by atoms with van der Waals surface area (Å²) >= 11 is 2.73. The summed E-state index contributed by atoms with van der Waals surface area (Å²) in [4.78, 5) is 32.7. The molecule has 1 atom stereocenters. The lowest BCUT2D eigenvalue weighted by molar-refractivity contribution is -0.143. The summed E-state index contributed by atoms with van der Waals surface area (Å²) < 4.78 is 23.8. The highest BCUT2D eigenvalue weighted by Gasteiger charge is 2.34. The van der Waals surface area contributed by atoms with Crippen LogP contribution in [-0.2, 0) is 9.53 Å². The van der Waals surface area contributed by atoms with Gasteiger partial charge in [-0.15, -0.1) is 11.3 Å². The van der Waals surface area contributed by atoms with E-state index >= 15 is 0 Å². The second-order valence-electron chi connectivity index (χ2n) is 8.01. The number of fused-ring (bicyclic) bond motifs is 1. The molecule has 1 aliphatic heterocycles. The average Bonchev–Trinajstić information content (AvgIpc) is 3.45. The van der Waals surface area contributed by atoms with Gasteiger partial charge in [-0.25, -0.2) is 9.79 Å². The van der Waals surface area contributed by atoms with Crippen molar-refractivity contribution >= 4 is 34.7 Å². The second-order valence-corrected chi connectivity index (χ2v) is 10.00. The summed E-state index contributed by atoms with van der Waals surface area (Å²) in [5.41, 5.74) is 1.36. The van der Waals surface area contributed by atoms with Crippen molar-refractivity contribution in [3.63, 3.8) is 0 Å². The van der Waals surface area contributed by atoms with Gasteiger partial charge >= 0.3 is 5.97 Å². The highest BCUT2D eigenvalue weighted by atomic mass is 32.1. The lowest BCUT2D eigenvalue weighted by atomic mass is 10.0. The predicted molar refractivity (Wildman–Crippen MR) is 135 cm³/mol. The van der Waals surface area contributed by atoms with E-state index < -0.39 is 12.0 Å². The van der Waals surface area contributed by atoms with Crippen molar-refractivity contribution in [2.24, 2.45) is 4.99 Å². The topological polar surface area (TPSA) is 88.4 Å². The van der Waals surface area contributed by atoms with Crippen molar-refractivity contribution < 1.29 is 23.7 Å². The molecule has 0 amide bonds. The van der Waals surface area contributed by atoms with Crippen LogP contribution in [0, 0.1) is 0 Å². The van der Waals surface area contributed by atoms with Crippen molar-refractivity contribution in [3.05, 3.63) is 71.0 Å². The molecule has 0 saturated heterocycles. The molecule has 3 aromatic rings. The number of allylic oxidation sites excluding steroid dienone is 1. The molecule has 2 aromatic heterocycles. The van der Waals surface area contributed by atoms with E-state index in [0.29, 0.717) is 43.4 Å². The predicted octanol–water partition coefficient (Wildman–Crippen LogP) is 3.27. The molecule has 0 aliphatic carbocycles. The summed E-state index contributed by atoms with van der Waals surface area (Å²) in [5, 5.41) is 1.92. The van der Waals surface area contributed by atoms with Crippen LogP contribution < -0.4 is 29.1 Å². The van der Waals surface area contributed by atoms with Gasteiger partial charge in [-0.05, 0) is 56.0 Å². The van der Waals surface area contributed by atoms with Gasteiger partial charge in [0.05, 0.1) is 43.2 Å². The van der Waals surface area contributed by atoms with Gasteiger partial charge in [0.2, 0.25) is 5.75 Å². The van der Waals surface area contributed by atoms with E-state index in [9.17, 15) is 9.59 Å². The number of nitrogens with zero attached hydrogens (tertiary/aromatic N) is 2.